The summed E-state index contributed by atoms with van der Waals surface area (Å²) in [5.74, 6) is 2.59. The van der Waals surface area contributed by atoms with Crippen molar-refractivity contribution in [1.82, 2.24) is 9.88 Å². The molecule has 0 aliphatic heterocycles. The van der Waals surface area contributed by atoms with Crippen LogP contribution in [0.15, 0.2) is 35.3 Å². The molecular formula is C20H26N2O2. The molecule has 4 nitrogen and oxygen atoms in total. The molecule has 2 aliphatic rings. The lowest BCUT2D eigenvalue weighted by Crippen LogP contribution is -2.27. The average molecular weight is 326 g/mol. The molecule has 0 spiro atoms. The highest BCUT2D eigenvalue weighted by Gasteiger charge is 2.29. The van der Waals surface area contributed by atoms with Gasteiger partial charge in [0.05, 0.1) is 6.10 Å². The molecule has 2 fully saturated rings. The van der Waals surface area contributed by atoms with Crippen LogP contribution in [0.25, 0.3) is 10.8 Å². The van der Waals surface area contributed by atoms with Gasteiger partial charge in [-0.25, -0.2) is 0 Å². The summed E-state index contributed by atoms with van der Waals surface area (Å²) in [6, 6.07) is 7.69. The van der Waals surface area contributed by atoms with Crippen molar-refractivity contribution in [3.63, 3.8) is 0 Å². The second-order valence-electron chi connectivity index (χ2n) is 7.64. The smallest absolute Gasteiger partial charge is 0.255 e. The van der Waals surface area contributed by atoms with E-state index >= 15 is 0 Å². The van der Waals surface area contributed by atoms with Crippen LogP contribution in [0.1, 0.15) is 32.1 Å². The van der Waals surface area contributed by atoms with Gasteiger partial charge in [0.1, 0.15) is 5.75 Å². The molecule has 2 atom stereocenters. The van der Waals surface area contributed by atoms with Crippen LogP contribution < -0.4 is 10.3 Å². The molecule has 1 heterocycles. The van der Waals surface area contributed by atoms with Gasteiger partial charge in [0.15, 0.2) is 0 Å². The summed E-state index contributed by atoms with van der Waals surface area (Å²) >= 11 is 0. The molecule has 0 saturated heterocycles. The maximum atomic E-state index is 11.8. The number of hydrogen-bond donors (Lipinski definition) is 1. The lowest BCUT2D eigenvalue weighted by atomic mass is 10.1. The molecule has 1 aromatic heterocycles. The number of hydrogen-bond acceptors (Lipinski definition) is 3. The van der Waals surface area contributed by atoms with Crippen molar-refractivity contribution in [3.05, 3.63) is 40.8 Å². The van der Waals surface area contributed by atoms with Crippen LogP contribution in [0.3, 0.4) is 0 Å². The third-order valence-electron chi connectivity index (χ3n) is 5.38. The highest BCUT2D eigenvalue weighted by Crippen LogP contribution is 2.33. The Balaban J connectivity index is 1.35. The molecule has 0 unspecified atom stereocenters. The van der Waals surface area contributed by atoms with Gasteiger partial charge in [-0.05, 0) is 80.6 Å². The maximum Gasteiger partial charge on any atom is 0.255 e. The molecule has 2 aromatic rings. The summed E-state index contributed by atoms with van der Waals surface area (Å²) in [5.41, 5.74) is -0.0429. The summed E-state index contributed by atoms with van der Waals surface area (Å²) in [6.45, 7) is 2.46. The Morgan fingerprint density at radius 3 is 2.75 bits per heavy atom. The molecule has 0 radical (unpaired) electrons. The van der Waals surface area contributed by atoms with E-state index in [4.69, 9.17) is 4.74 Å². The lowest BCUT2D eigenvalue weighted by Gasteiger charge is -2.21. The normalized spacial score (nSPS) is 23.9. The lowest BCUT2D eigenvalue weighted by molar-refractivity contribution is 0.195. The zero-order valence-corrected chi connectivity index (χ0v) is 14.3. The zero-order chi connectivity index (χ0) is 16.5. The van der Waals surface area contributed by atoms with Crippen LogP contribution in [0.2, 0.25) is 0 Å². The number of aromatic nitrogens is 1. The number of fused-ring (bicyclic) bond motifs is 1. The largest absolute Gasteiger partial charge is 0.490 e. The zero-order valence-electron chi connectivity index (χ0n) is 14.3. The van der Waals surface area contributed by atoms with Gasteiger partial charge in [-0.15, -0.1) is 0 Å². The molecule has 0 bridgehead atoms. The van der Waals surface area contributed by atoms with Crippen LogP contribution in [-0.4, -0.2) is 36.1 Å². The molecule has 0 amide bonds. The van der Waals surface area contributed by atoms with Gasteiger partial charge in [-0.3, -0.25) is 4.79 Å². The summed E-state index contributed by atoms with van der Waals surface area (Å²) in [5, 5.41) is 1.66. The highest BCUT2D eigenvalue weighted by molar-refractivity contribution is 5.82. The number of nitrogens with one attached hydrogen (secondary N) is 1. The van der Waals surface area contributed by atoms with Gasteiger partial charge in [-0.1, -0.05) is 0 Å². The first-order chi connectivity index (χ1) is 11.7. The summed E-state index contributed by atoms with van der Waals surface area (Å²) in [7, 11) is 2.26. The van der Waals surface area contributed by atoms with Crippen molar-refractivity contribution in [2.24, 2.45) is 11.8 Å². The Labute approximate surface area is 142 Å². The van der Waals surface area contributed by atoms with Crippen molar-refractivity contribution in [2.75, 3.05) is 20.1 Å². The molecule has 2 aliphatic carbocycles. The molecule has 24 heavy (non-hydrogen) atoms. The number of benzene rings is 1. The van der Waals surface area contributed by atoms with Crippen molar-refractivity contribution in [1.29, 1.82) is 0 Å². The minimum atomic E-state index is -0.0429. The fourth-order valence-electron chi connectivity index (χ4n) is 3.99. The highest BCUT2D eigenvalue weighted by atomic mass is 16.5. The summed E-state index contributed by atoms with van der Waals surface area (Å²) in [4.78, 5) is 17.0. The first-order valence-electron chi connectivity index (χ1n) is 9.14. The van der Waals surface area contributed by atoms with E-state index in [0.29, 0.717) is 6.10 Å². The second kappa shape index (κ2) is 6.60. The molecule has 4 rings (SSSR count). The molecular weight excluding hydrogens is 300 g/mol. The average Bonchev–Trinajstić information content (AvgIpc) is 3.26. The van der Waals surface area contributed by atoms with E-state index in [0.717, 1.165) is 41.2 Å². The van der Waals surface area contributed by atoms with Crippen LogP contribution in [0, 0.1) is 11.8 Å². The number of rotatable bonds is 6. The van der Waals surface area contributed by atoms with E-state index in [9.17, 15) is 4.79 Å². The van der Waals surface area contributed by atoms with Gasteiger partial charge < -0.3 is 14.6 Å². The van der Waals surface area contributed by atoms with E-state index in [1.807, 2.05) is 24.3 Å². The maximum absolute atomic E-state index is 11.8. The van der Waals surface area contributed by atoms with Gasteiger partial charge in [0.25, 0.3) is 5.56 Å². The SMILES string of the molecule is CN(CC1CC1)C[C@H]1CC[C@@H](Oc2ccc3c(=O)[nH]ccc3c2)C1. The quantitative estimate of drug-likeness (QED) is 0.885. The Hall–Kier alpha value is -1.81. The van der Waals surface area contributed by atoms with E-state index in [1.54, 1.807) is 6.20 Å². The van der Waals surface area contributed by atoms with E-state index in [2.05, 4.69) is 16.9 Å². The van der Waals surface area contributed by atoms with Gasteiger partial charge in [0, 0.05) is 24.7 Å². The van der Waals surface area contributed by atoms with Crippen LogP contribution >= 0.6 is 0 Å². The third kappa shape index (κ3) is 3.64. The number of aromatic amines is 1. The Morgan fingerprint density at radius 2 is 1.92 bits per heavy atom. The molecule has 4 heteroatoms. The first kappa shape index (κ1) is 15.7. The van der Waals surface area contributed by atoms with Gasteiger partial charge >= 0.3 is 0 Å². The van der Waals surface area contributed by atoms with Crippen molar-refractivity contribution >= 4 is 10.8 Å². The van der Waals surface area contributed by atoms with Crippen LogP contribution in [0.5, 0.6) is 5.75 Å². The number of pyridine rings is 1. The number of H-pyrrole nitrogens is 1. The molecule has 2 saturated carbocycles. The molecule has 128 valence electrons. The standard InChI is InChI=1S/C20H26N2O2/c1-22(12-14-2-3-14)13-15-4-5-17(10-15)24-18-6-7-19-16(11-18)8-9-21-20(19)23/h6-9,11,14-15,17H,2-5,10,12-13H2,1H3,(H,21,23)/t15-,17+/m0/s1. The number of ether oxygens (including phenoxy) is 1. The second-order valence-corrected chi connectivity index (χ2v) is 7.64. The minimum absolute atomic E-state index is 0.0429. The topological polar surface area (TPSA) is 45.3 Å². The first-order valence-corrected chi connectivity index (χ1v) is 9.14. The minimum Gasteiger partial charge on any atom is -0.490 e. The van der Waals surface area contributed by atoms with E-state index in [-0.39, 0.29) is 5.56 Å². The van der Waals surface area contributed by atoms with Crippen molar-refractivity contribution < 1.29 is 4.74 Å². The predicted molar refractivity (Wildman–Crippen MR) is 96.5 cm³/mol. The van der Waals surface area contributed by atoms with Crippen LogP contribution in [0.4, 0.5) is 0 Å². The molecule has 1 aromatic carbocycles. The van der Waals surface area contributed by atoms with E-state index in [1.165, 1.54) is 32.4 Å². The van der Waals surface area contributed by atoms with Crippen LogP contribution in [-0.2, 0) is 0 Å². The molecule has 1 N–H and O–H groups in total. The third-order valence-corrected chi connectivity index (χ3v) is 5.38. The van der Waals surface area contributed by atoms with Gasteiger partial charge in [-0.2, -0.15) is 0 Å². The summed E-state index contributed by atoms with van der Waals surface area (Å²) in [6.07, 6.45) is 8.38. The van der Waals surface area contributed by atoms with E-state index < -0.39 is 0 Å². The fourth-order valence-corrected chi connectivity index (χ4v) is 3.99. The fraction of sp³-hybridized carbons (Fsp3) is 0.550. The number of nitrogens with zero attached hydrogens (tertiary/aromatic N) is 1. The van der Waals surface area contributed by atoms with Crippen molar-refractivity contribution in [2.45, 2.75) is 38.2 Å². The van der Waals surface area contributed by atoms with Gasteiger partial charge in [0.2, 0.25) is 0 Å². The Bertz CT molecular complexity index is 766. The Morgan fingerprint density at radius 1 is 1.12 bits per heavy atom. The summed E-state index contributed by atoms with van der Waals surface area (Å²) < 4.78 is 6.20. The van der Waals surface area contributed by atoms with Crippen molar-refractivity contribution in [3.8, 4) is 5.75 Å². The monoisotopic (exact) mass is 326 g/mol. The predicted octanol–water partition coefficient (Wildman–Crippen LogP) is 3.42. The Kier molecular flexibility index (Phi) is 4.31.